The summed E-state index contributed by atoms with van der Waals surface area (Å²) in [5, 5.41) is 0.426. The van der Waals surface area contributed by atoms with Crippen molar-refractivity contribution < 1.29 is 14.3 Å². The maximum atomic E-state index is 10.5. The summed E-state index contributed by atoms with van der Waals surface area (Å²) >= 11 is 6.03. The van der Waals surface area contributed by atoms with Gasteiger partial charge in [0.05, 0.1) is 12.1 Å². The van der Waals surface area contributed by atoms with Crippen LogP contribution in [0.1, 0.15) is 10.4 Å². The minimum absolute atomic E-state index is 0.368. The van der Waals surface area contributed by atoms with E-state index in [9.17, 15) is 4.79 Å². The number of ether oxygens (including phenoxy) is 2. The van der Waals surface area contributed by atoms with Gasteiger partial charge in [0.25, 0.3) is 0 Å². The molecule has 0 spiro atoms. The second-order valence-electron chi connectivity index (χ2n) is 3.45. The van der Waals surface area contributed by atoms with Crippen LogP contribution in [0.2, 0.25) is 5.02 Å². The zero-order valence-electron chi connectivity index (χ0n) is 9.59. The van der Waals surface area contributed by atoms with Gasteiger partial charge in [0.1, 0.15) is 11.5 Å². The van der Waals surface area contributed by atoms with Crippen LogP contribution in [0, 0.1) is 0 Å². The molecule has 18 heavy (non-hydrogen) atoms. The molecular weight excluding hydrogens is 254 g/mol. The highest BCUT2D eigenvalue weighted by Gasteiger charge is 2.05. The first kappa shape index (κ1) is 12.4. The van der Waals surface area contributed by atoms with Crippen molar-refractivity contribution in [3.63, 3.8) is 0 Å². The molecular formula is C13H10ClNO3. The molecule has 0 saturated heterocycles. The van der Waals surface area contributed by atoms with Crippen molar-refractivity contribution in [3.05, 3.63) is 47.1 Å². The first-order valence-corrected chi connectivity index (χ1v) is 5.53. The van der Waals surface area contributed by atoms with Gasteiger partial charge < -0.3 is 9.47 Å². The third-order valence-corrected chi connectivity index (χ3v) is 2.54. The van der Waals surface area contributed by atoms with Crippen LogP contribution in [0.4, 0.5) is 0 Å². The van der Waals surface area contributed by atoms with E-state index in [2.05, 4.69) is 4.98 Å². The van der Waals surface area contributed by atoms with Gasteiger partial charge in [0.15, 0.2) is 6.29 Å². The Morgan fingerprint density at radius 1 is 1.28 bits per heavy atom. The van der Waals surface area contributed by atoms with Gasteiger partial charge >= 0.3 is 0 Å². The minimum atomic E-state index is 0.368. The Morgan fingerprint density at radius 3 is 2.67 bits per heavy atom. The number of carbonyl (C=O) groups excluding carboxylic acids is 1. The summed E-state index contributed by atoms with van der Waals surface area (Å²) in [7, 11) is 1.56. The number of hydrogen-bond donors (Lipinski definition) is 0. The van der Waals surface area contributed by atoms with E-state index in [1.54, 1.807) is 37.4 Å². The molecule has 92 valence electrons. The monoisotopic (exact) mass is 263 g/mol. The number of hydrogen-bond acceptors (Lipinski definition) is 4. The number of pyridine rings is 1. The molecule has 1 aromatic heterocycles. The summed E-state index contributed by atoms with van der Waals surface area (Å²) in [4.78, 5) is 14.5. The van der Waals surface area contributed by atoms with E-state index in [1.165, 1.54) is 6.20 Å². The first-order valence-electron chi connectivity index (χ1n) is 5.15. The van der Waals surface area contributed by atoms with Gasteiger partial charge in [-0.05, 0) is 18.2 Å². The second-order valence-corrected chi connectivity index (χ2v) is 3.85. The van der Waals surface area contributed by atoms with Crippen LogP contribution >= 0.6 is 11.6 Å². The third-order valence-electron chi connectivity index (χ3n) is 2.25. The molecule has 0 fully saturated rings. The molecule has 1 aromatic carbocycles. The molecule has 0 aliphatic carbocycles. The fraction of sp³-hybridized carbons (Fsp3) is 0.0769. The molecule has 0 atom stereocenters. The molecule has 0 amide bonds. The second kappa shape index (κ2) is 5.51. The zero-order chi connectivity index (χ0) is 13.0. The van der Waals surface area contributed by atoms with E-state index in [1.807, 2.05) is 0 Å². The van der Waals surface area contributed by atoms with Gasteiger partial charge in [0, 0.05) is 23.9 Å². The van der Waals surface area contributed by atoms with Crippen molar-refractivity contribution in [1.82, 2.24) is 4.98 Å². The predicted molar refractivity (Wildman–Crippen MR) is 67.7 cm³/mol. The highest BCUT2D eigenvalue weighted by Crippen LogP contribution is 2.31. The molecule has 2 rings (SSSR count). The van der Waals surface area contributed by atoms with Gasteiger partial charge in [-0.25, -0.2) is 4.98 Å². The van der Waals surface area contributed by atoms with E-state index < -0.39 is 0 Å². The van der Waals surface area contributed by atoms with E-state index in [-0.39, 0.29) is 0 Å². The molecule has 0 aliphatic rings. The lowest BCUT2D eigenvalue weighted by molar-refractivity contribution is 0.112. The smallest absolute Gasteiger partial charge is 0.219 e. The Morgan fingerprint density at radius 2 is 2.11 bits per heavy atom. The van der Waals surface area contributed by atoms with Gasteiger partial charge in [-0.15, -0.1) is 0 Å². The third kappa shape index (κ3) is 2.78. The number of benzene rings is 1. The van der Waals surface area contributed by atoms with E-state index in [0.717, 1.165) is 6.29 Å². The number of halogens is 1. The van der Waals surface area contributed by atoms with Gasteiger partial charge in [0.2, 0.25) is 5.88 Å². The Kier molecular flexibility index (Phi) is 3.79. The number of aldehydes is 1. The summed E-state index contributed by atoms with van der Waals surface area (Å²) < 4.78 is 10.5. The van der Waals surface area contributed by atoms with Crippen LogP contribution in [-0.2, 0) is 0 Å². The number of rotatable bonds is 4. The van der Waals surface area contributed by atoms with E-state index >= 15 is 0 Å². The lowest BCUT2D eigenvalue weighted by atomic mass is 10.3. The SMILES string of the molecule is COc1ccc(Oc2ccc(C=O)cn2)c(Cl)c1. The van der Waals surface area contributed by atoms with Crippen molar-refractivity contribution in [2.75, 3.05) is 7.11 Å². The van der Waals surface area contributed by atoms with Crippen molar-refractivity contribution in [2.24, 2.45) is 0 Å². The number of aromatic nitrogens is 1. The molecule has 2 aromatic rings. The Bertz CT molecular complexity index is 555. The molecule has 0 unspecified atom stereocenters. The van der Waals surface area contributed by atoms with Crippen LogP contribution in [-0.4, -0.2) is 18.4 Å². The summed E-state index contributed by atoms with van der Waals surface area (Å²) in [5.41, 5.74) is 0.489. The molecule has 1 heterocycles. The molecule has 5 heteroatoms. The lowest BCUT2D eigenvalue weighted by Gasteiger charge is -2.07. The predicted octanol–water partition coefficient (Wildman–Crippen LogP) is 3.35. The van der Waals surface area contributed by atoms with Gasteiger partial charge in [-0.2, -0.15) is 0 Å². The van der Waals surface area contributed by atoms with Crippen LogP contribution in [0.3, 0.4) is 0 Å². The van der Waals surface area contributed by atoms with Crippen LogP contribution in [0.15, 0.2) is 36.5 Å². The fourth-order valence-electron chi connectivity index (χ4n) is 1.33. The standard InChI is InChI=1S/C13H10ClNO3/c1-17-10-3-4-12(11(14)6-10)18-13-5-2-9(8-16)7-15-13/h2-8H,1H3. The van der Waals surface area contributed by atoms with Crippen LogP contribution in [0.5, 0.6) is 17.4 Å². The summed E-state index contributed by atoms with van der Waals surface area (Å²) in [6.07, 6.45) is 2.15. The molecule has 0 aliphatic heterocycles. The Hall–Kier alpha value is -2.07. The first-order chi connectivity index (χ1) is 8.72. The quantitative estimate of drug-likeness (QED) is 0.794. The molecule has 0 saturated carbocycles. The molecule has 0 bridgehead atoms. The Balaban J connectivity index is 2.19. The van der Waals surface area contributed by atoms with E-state index in [4.69, 9.17) is 21.1 Å². The van der Waals surface area contributed by atoms with Gasteiger partial charge in [-0.3, -0.25) is 4.79 Å². The Labute approximate surface area is 109 Å². The maximum absolute atomic E-state index is 10.5. The van der Waals surface area contributed by atoms with Crippen LogP contribution < -0.4 is 9.47 Å². The summed E-state index contributed by atoms with van der Waals surface area (Å²) in [6, 6.07) is 8.30. The fourth-order valence-corrected chi connectivity index (χ4v) is 1.53. The van der Waals surface area contributed by atoms with Gasteiger partial charge in [-0.1, -0.05) is 11.6 Å². The number of nitrogens with zero attached hydrogens (tertiary/aromatic N) is 1. The minimum Gasteiger partial charge on any atom is -0.497 e. The van der Waals surface area contributed by atoms with E-state index in [0.29, 0.717) is 28.0 Å². The van der Waals surface area contributed by atoms with Crippen molar-refractivity contribution in [2.45, 2.75) is 0 Å². The largest absolute Gasteiger partial charge is 0.497 e. The number of carbonyl (C=O) groups is 1. The maximum Gasteiger partial charge on any atom is 0.219 e. The molecule has 0 N–H and O–H groups in total. The zero-order valence-corrected chi connectivity index (χ0v) is 10.3. The molecule has 0 radical (unpaired) electrons. The lowest BCUT2D eigenvalue weighted by Crippen LogP contribution is -1.90. The highest BCUT2D eigenvalue weighted by atomic mass is 35.5. The van der Waals surface area contributed by atoms with Crippen LogP contribution in [0.25, 0.3) is 0 Å². The number of methoxy groups -OCH3 is 1. The van der Waals surface area contributed by atoms with Crippen molar-refractivity contribution in [3.8, 4) is 17.4 Å². The topological polar surface area (TPSA) is 48.4 Å². The highest BCUT2D eigenvalue weighted by molar-refractivity contribution is 6.32. The summed E-state index contributed by atoms with van der Waals surface area (Å²) in [5.74, 6) is 1.49. The van der Waals surface area contributed by atoms with Crippen molar-refractivity contribution in [1.29, 1.82) is 0 Å². The average molecular weight is 264 g/mol. The normalized spacial score (nSPS) is 9.89. The van der Waals surface area contributed by atoms with Crippen molar-refractivity contribution >= 4 is 17.9 Å². The molecule has 4 nitrogen and oxygen atoms in total. The summed E-state index contributed by atoms with van der Waals surface area (Å²) in [6.45, 7) is 0. The average Bonchev–Trinajstić information content (AvgIpc) is 2.42.